The molecule has 1 unspecified atom stereocenters. The van der Waals surface area contributed by atoms with Gasteiger partial charge in [-0.2, -0.15) is 0 Å². The summed E-state index contributed by atoms with van der Waals surface area (Å²) in [6.07, 6.45) is 3.44. The van der Waals surface area contributed by atoms with Crippen molar-refractivity contribution < 1.29 is 10.0 Å². The molecule has 1 rings (SSSR count). The van der Waals surface area contributed by atoms with E-state index in [4.69, 9.17) is 5.21 Å². The quantitative estimate of drug-likeness (QED) is 0.606. The van der Waals surface area contributed by atoms with Crippen LogP contribution in [0.5, 0.6) is 0 Å². The average molecular weight is 240 g/mol. The summed E-state index contributed by atoms with van der Waals surface area (Å²) >= 11 is 0. The summed E-state index contributed by atoms with van der Waals surface area (Å²) in [5.74, 6) is 0.651. The number of amides is 1. The van der Waals surface area contributed by atoms with Gasteiger partial charge in [-0.15, -0.1) is 0 Å². The zero-order chi connectivity index (χ0) is 12.8. The maximum Gasteiger partial charge on any atom is 0.225 e. The molecule has 0 aromatic heterocycles. The standard InChI is InChI=1S/C13H24N2O2/c1-4-10(5-2)13(16)15-8-7-12(14-17)11(6-3)9-15/h10-11,17H,4-9H2,1-3H3. The number of carbonyl (C=O) groups is 1. The highest BCUT2D eigenvalue weighted by Crippen LogP contribution is 2.21. The van der Waals surface area contributed by atoms with E-state index in [0.29, 0.717) is 19.5 Å². The molecule has 0 aliphatic carbocycles. The first-order valence-electron chi connectivity index (χ1n) is 6.67. The van der Waals surface area contributed by atoms with Gasteiger partial charge in [-0.1, -0.05) is 25.9 Å². The van der Waals surface area contributed by atoms with Crippen LogP contribution in [-0.4, -0.2) is 34.8 Å². The maximum absolute atomic E-state index is 12.2. The van der Waals surface area contributed by atoms with Crippen molar-refractivity contribution in [2.24, 2.45) is 17.0 Å². The summed E-state index contributed by atoms with van der Waals surface area (Å²) in [7, 11) is 0. The van der Waals surface area contributed by atoms with E-state index < -0.39 is 0 Å². The van der Waals surface area contributed by atoms with Gasteiger partial charge in [0.2, 0.25) is 5.91 Å². The van der Waals surface area contributed by atoms with E-state index in [1.54, 1.807) is 0 Å². The Morgan fingerprint density at radius 3 is 2.59 bits per heavy atom. The molecule has 17 heavy (non-hydrogen) atoms. The second-order valence-electron chi connectivity index (χ2n) is 4.74. The summed E-state index contributed by atoms with van der Waals surface area (Å²) in [6.45, 7) is 7.61. The number of hydrogen-bond acceptors (Lipinski definition) is 3. The lowest BCUT2D eigenvalue weighted by atomic mass is 9.91. The van der Waals surface area contributed by atoms with E-state index in [1.807, 2.05) is 4.90 Å². The minimum Gasteiger partial charge on any atom is -0.411 e. The van der Waals surface area contributed by atoms with Crippen LogP contribution in [0.3, 0.4) is 0 Å². The zero-order valence-electron chi connectivity index (χ0n) is 11.1. The third-order valence-electron chi connectivity index (χ3n) is 3.82. The fourth-order valence-corrected chi connectivity index (χ4v) is 2.51. The number of rotatable bonds is 4. The summed E-state index contributed by atoms with van der Waals surface area (Å²) in [6, 6.07) is 0. The molecule has 1 aliphatic rings. The molecule has 0 saturated carbocycles. The minimum absolute atomic E-state index is 0.153. The highest BCUT2D eigenvalue weighted by molar-refractivity contribution is 5.89. The lowest BCUT2D eigenvalue weighted by molar-refractivity contribution is -0.136. The third-order valence-corrected chi connectivity index (χ3v) is 3.82. The smallest absolute Gasteiger partial charge is 0.225 e. The van der Waals surface area contributed by atoms with E-state index in [1.165, 1.54) is 0 Å². The maximum atomic E-state index is 12.2. The SMILES string of the molecule is CCC(CC)C(=O)N1CCC(=NO)C(CC)C1. The molecule has 1 atom stereocenters. The minimum atomic E-state index is 0.153. The molecule has 0 aromatic rings. The van der Waals surface area contributed by atoms with E-state index in [9.17, 15) is 4.79 Å². The predicted molar refractivity (Wildman–Crippen MR) is 68.3 cm³/mol. The molecule has 1 saturated heterocycles. The molecule has 1 heterocycles. The normalized spacial score (nSPS) is 23.4. The Kier molecular flexibility index (Phi) is 5.45. The zero-order valence-corrected chi connectivity index (χ0v) is 11.1. The van der Waals surface area contributed by atoms with Gasteiger partial charge in [-0.25, -0.2) is 0 Å². The molecule has 0 spiro atoms. The van der Waals surface area contributed by atoms with Crippen LogP contribution in [0, 0.1) is 11.8 Å². The molecule has 98 valence electrons. The first kappa shape index (κ1) is 14.0. The predicted octanol–water partition coefficient (Wildman–Crippen LogP) is 2.51. The van der Waals surface area contributed by atoms with Crippen molar-refractivity contribution in [3.8, 4) is 0 Å². The van der Waals surface area contributed by atoms with Crippen LogP contribution in [0.25, 0.3) is 0 Å². The summed E-state index contributed by atoms with van der Waals surface area (Å²) < 4.78 is 0. The Morgan fingerprint density at radius 1 is 1.47 bits per heavy atom. The Balaban J connectivity index is 2.66. The molecular weight excluding hydrogens is 216 g/mol. The van der Waals surface area contributed by atoms with Crippen molar-refractivity contribution in [2.45, 2.75) is 46.5 Å². The molecule has 1 N–H and O–H groups in total. The Morgan fingerprint density at radius 2 is 2.12 bits per heavy atom. The average Bonchev–Trinajstić information content (AvgIpc) is 2.39. The highest BCUT2D eigenvalue weighted by Gasteiger charge is 2.30. The topological polar surface area (TPSA) is 52.9 Å². The van der Waals surface area contributed by atoms with Gasteiger partial charge in [-0.05, 0) is 19.3 Å². The summed E-state index contributed by atoms with van der Waals surface area (Å²) in [5.41, 5.74) is 0.848. The number of oxime groups is 1. The van der Waals surface area contributed by atoms with Gasteiger partial charge in [-0.3, -0.25) is 4.79 Å². The van der Waals surface area contributed by atoms with Gasteiger partial charge in [0, 0.05) is 31.3 Å². The Bertz CT molecular complexity index is 285. The van der Waals surface area contributed by atoms with Crippen molar-refractivity contribution >= 4 is 11.6 Å². The first-order valence-corrected chi connectivity index (χ1v) is 6.67. The van der Waals surface area contributed by atoms with Gasteiger partial charge in [0.05, 0.1) is 5.71 Å². The van der Waals surface area contributed by atoms with Crippen molar-refractivity contribution in [3.63, 3.8) is 0 Å². The molecule has 0 aromatic carbocycles. The number of likely N-dealkylation sites (tertiary alicyclic amines) is 1. The van der Waals surface area contributed by atoms with Gasteiger partial charge < -0.3 is 10.1 Å². The summed E-state index contributed by atoms with van der Waals surface area (Å²) in [5, 5.41) is 12.3. The van der Waals surface area contributed by atoms with Crippen molar-refractivity contribution in [1.29, 1.82) is 0 Å². The molecule has 4 heteroatoms. The molecule has 1 amide bonds. The van der Waals surface area contributed by atoms with Crippen LogP contribution in [0.15, 0.2) is 5.16 Å². The fraction of sp³-hybridized carbons (Fsp3) is 0.846. The van der Waals surface area contributed by atoms with E-state index >= 15 is 0 Å². The van der Waals surface area contributed by atoms with Gasteiger partial charge in [0.15, 0.2) is 0 Å². The second kappa shape index (κ2) is 6.62. The largest absolute Gasteiger partial charge is 0.411 e. The van der Waals surface area contributed by atoms with Gasteiger partial charge in [0.1, 0.15) is 0 Å². The van der Waals surface area contributed by atoms with Crippen molar-refractivity contribution in [1.82, 2.24) is 4.90 Å². The number of piperidine rings is 1. The van der Waals surface area contributed by atoms with Crippen LogP contribution >= 0.6 is 0 Å². The van der Waals surface area contributed by atoms with Crippen LogP contribution in [0.1, 0.15) is 46.5 Å². The summed E-state index contributed by atoms with van der Waals surface area (Å²) in [4.78, 5) is 14.2. The molecule has 1 aliphatic heterocycles. The highest BCUT2D eigenvalue weighted by atomic mass is 16.4. The van der Waals surface area contributed by atoms with E-state index in [0.717, 1.165) is 25.0 Å². The monoisotopic (exact) mass is 240 g/mol. The number of nitrogens with zero attached hydrogens (tertiary/aromatic N) is 2. The van der Waals surface area contributed by atoms with E-state index in [2.05, 4.69) is 25.9 Å². The molecule has 1 fully saturated rings. The number of hydrogen-bond donors (Lipinski definition) is 1. The molecule has 4 nitrogen and oxygen atoms in total. The first-order chi connectivity index (χ1) is 8.17. The van der Waals surface area contributed by atoms with Crippen LogP contribution < -0.4 is 0 Å². The lowest BCUT2D eigenvalue weighted by Crippen LogP contribution is -2.46. The lowest BCUT2D eigenvalue weighted by Gasteiger charge is -2.34. The molecule has 0 radical (unpaired) electrons. The molecule has 0 bridgehead atoms. The second-order valence-corrected chi connectivity index (χ2v) is 4.74. The van der Waals surface area contributed by atoms with Crippen LogP contribution in [-0.2, 0) is 4.79 Å². The third kappa shape index (κ3) is 3.20. The Labute approximate surface area is 104 Å². The van der Waals surface area contributed by atoms with Crippen LogP contribution in [0.4, 0.5) is 0 Å². The van der Waals surface area contributed by atoms with Crippen molar-refractivity contribution in [3.05, 3.63) is 0 Å². The van der Waals surface area contributed by atoms with Gasteiger partial charge >= 0.3 is 0 Å². The van der Waals surface area contributed by atoms with E-state index in [-0.39, 0.29) is 17.7 Å². The number of carbonyl (C=O) groups excluding carboxylic acids is 1. The fourth-order valence-electron chi connectivity index (χ4n) is 2.51. The Hall–Kier alpha value is -1.06. The molecular formula is C13H24N2O2. The van der Waals surface area contributed by atoms with Crippen LogP contribution in [0.2, 0.25) is 0 Å². The van der Waals surface area contributed by atoms with Crippen molar-refractivity contribution in [2.75, 3.05) is 13.1 Å². The van der Waals surface area contributed by atoms with Gasteiger partial charge in [0.25, 0.3) is 0 Å².